The van der Waals surface area contributed by atoms with E-state index in [1.165, 1.54) is 6.07 Å². The fraction of sp³-hybridized carbons (Fsp3) is 0.316. The molecule has 8 heteroatoms. The molecule has 0 saturated heterocycles. The normalized spacial score (nSPS) is 12.4. The average molecular weight is 429 g/mol. The Balaban J connectivity index is 2.00. The molecule has 0 radical (unpaired) electrons. The van der Waals surface area contributed by atoms with Crippen LogP contribution in [0.2, 0.25) is 10.0 Å². The second kappa shape index (κ2) is 9.44. The van der Waals surface area contributed by atoms with Gasteiger partial charge in [-0.2, -0.15) is 0 Å². The van der Waals surface area contributed by atoms with Gasteiger partial charge in [-0.25, -0.2) is 8.42 Å². The molecule has 2 aromatic rings. The van der Waals surface area contributed by atoms with E-state index in [0.29, 0.717) is 28.7 Å². The first-order chi connectivity index (χ1) is 12.7. The SMILES string of the molecule is C[C@H](C(=O)NCCCc1ccccc1Cl)N(c1cccc(Cl)c1)S(C)(=O)=O. The van der Waals surface area contributed by atoms with Gasteiger partial charge in [-0.05, 0) is 49.6 Å². The molecule has 0 bridgehead atoms. The van der Waals surface area contributed by atoms with E-state index in [1.807, 2.05) is 24.3 Å². The summed E-state index contributed by atoms with van der Waals surface area (Å²) in [5.41, 5.74) is 1.36. The van der Waals surface area contributed by atoms with Gasteiger partial charge < -0.3 is 5.32 Å². The molecular formula is C19H22Cl2N2O3S. The van der Waals surface area contributed by atoms with E-state index in [1.54, 1.807) is 25.1 Å². The summed E-state index contributed by atoms with van der Waals surface area (Å²) >= 11 is 12.1. The van der Waals surface area contributed by atoms with Gasteiger partial charge in [0, 0.05) is 16.6 Å². The lowest BCUT2D eigenvalue weighted by Gasteiger charge is -2.28. The van der Waals surface area contributed by atoms with E-state index in [9.17, 15) is 13.2 Å². The van der Waals surface area contributed by atoms with Gasteiger partial charge in [0.2, 0.25) is 15.9 Å². The first-order valence-corrected chi connectivity index (χ1v) is 11.1. The number of amides is 1. The Morgan fingerprint density at radius 1 is 1.15 bits per heavy atom. The van der Waals surface area contributed by atoms with Gasteiger partial charge in [0.1, 0.15) is 6.04 Å². The highest BCUT2D eigenvalue weighted by Crippen LogP contribution is 2.24. The summed E-state index contributed by atoms with van der Waals surface area (Å²) in [7, 11) is -3.66. The van der Waals surface area contributed by atoms with E-state index < -0.39 is 16.1 Å². The summed E-state index contributed by atoms with van der Waals surface area (Å²) in [4.78, 5) is 12.5. The number of nitrogens with zero attached hydrogens (tertiary/aromatic N) is 1. The van der Waals surface area contributed by atoms with Crippen LogP contribution in [0.25, 0.3) is 0 Å². The van der Waals surface area contributed by atoms with Gasteiger partial charge in [0.25, 0.3) is 0 Å². The van der Waals surface area contributed by atoms with Crippen LogP contribution in [0.15, 0.2) is 48.5 Å². The fourth-order valence-electron chi connectivity index (χ4n) is 2.76. The van der Waals surface area contributed by atoms with Crippen LogP contribution in [0.5, 0.6) is 0 Å². The van der Waals surface area contributed by atoms with Crippen LogP contribution in [-0.2, 0) is 21.2 Å². The van der Waals surface area contributed by atoms with Crippen molar-refractivity contribution in [3.63, 3.8) is 0 Å². The number of carbonyl (C=O) groups is 1. The van der Waals surface area contributed by atoms with E-state index in [2.05, 4.69) is 5.32 Å². The molecule has 1 amide bonds. The van der Waals surface area contributed by atoms with Crippen LogP contribution in [0.3, 0.4) is 0 Å². The second-order valence-corrected chi connectivity index (χ2v) is 8.90. The lowest BCUT2D eigenvalue weighted by atomic mass is 10.1. The van der Waals surface area contributed by atoms with Crippen molar-refractivity contribution < 1.29 is 13.2 Å². The maximum absolute atomic E-state index is 12.5. The summed E-state index contributed by atoms with van der Waals surface area (Å²) in [5.74, 6) is -0.375. The third-order valence-electron chi connectivity index (χ3n) is 4.03. The van der Waals surface area contributed by atoms with Gasteiger partial charge in [-0.1, -0.05) is 47.5 Å². The van der Waals surface area contributed by atoms with Crippen LogP contribution in [0.1, 0.15) is 18.9 Å². The molecule has 2 rings (SSSR count). The van der Waals surface area contributed by atoms with Crippen molar-refractivity contribution in [3.05, 3.63) is 64.1 Å². The lowest BCUT2D eigenvalue weighted by molar-refractivity contribution is -0.121. The first kappa shape index (κ1) is 21.5. The molecule has 1 atom stereocenters. The molecule has 0 saturated carbocycles. The van der Waals surface area contributed by atoms with Gasteiger partial charge in [-0.3, -0.25) is 9.10 Å². The number of carbonyl (C=O) groups excluding carboxylic acids is 1. The topological polar surface area (TPSA) is 66.5 Å². The number of halogens is 2. The number of anilines is 1. The minimum absolute atomic E-state index is 0.351. The summed E-state index contributed by atoms with van der Waals surface area (Å²) in [6, 6.07) is 13.1. The summed E-state index contributed by atoms with van der Waals surface area (Å²) in [6.45, 7) is 1.97. The van der Waals surface area contributed by atoms with Crippen LogP contribution in [-0.4, -0.2) is 33.2 Å². The van der Waals surface area contributed by atoms with Crippen LogP contribution in [0.4, 0.5) is 5.69 Å². The largest absolute Gasteiger partial charge is 0.354 e. The minimum Gasteiger partial charge on any atom is -0.354 e. The predicted molar refractivity (Wildman–Crippen MR) is 111 cm³/mol. The Bertz CT molecular complexity index is 903. The number of aryl methyl sites for hydroxylation is 1. The van der Waals surface area contributed by atoms with E-state index in [-0.39, 0.29) is 5.91 Å². The summed E-state index contributed by atoms with van der Waals surface area (Å²) in [6.07, 6.45) is 2.48. The van der Waals surface area contributed by atoms with E-state index in [0.717, 1.165) is 22.5 Å². The molecular weight excluding hydrogens is 407 g/mol. The first-order valence-electron chi connectivity index (χ1n) is 8.46. The van der Waals surface area contributed by atoms with Crippen LogP contribution < -0.4 is 9.62 Å². The number of sulfonamides is 1. The zero-order valence-corrected chi connectivity index (χ0v) is 17.5. The van der Waals surface area contributed by atoms with Crippen LogP contribution >= 0.6 is 23.2 Å². The zero-order chi connectivity index (χ0) is 20.0. The van der Waals surface area contributed by atoms with Crippen molar-refractivity contribution in [2.24, 2.45) is 0 Å². The molecule has 0 aliphatic carbocycles. The van der Waals surface area contributed by atoms with Crippen molar-refractivity contribution in [3.8, 4) is 0 Å². The molecule has 0 aliphatic heterocycles. The number of nitrogens with one attached hydrogen (secondary N) is 1. The molecule has 1 N–H and O–H groups in total. The molecule has 27 heavy (non-hydrogen) atoms. The molecule has 5 nitrogen and oxygen atoms in total. The summed E-state index contributed by atoms with van der Waals surface area (Å²) < 4.78 is 25.5. The quantitative estimate of drug-likeness (QED) is 0.648. The predicted octanol–water partition coefficient (Wildman–Crippen LogP) is 3.90. The van der Waals surface area contributed by atoms with Crippen molar-refractivity contribution in [2.75, 3.05) is 17.1 Å². The maximum Gasteiger partial charge on any atom is 0.243 e. The van der Waals surface area contributed by atoms with Crippen molar-refractivity contribution >= 4 is 44.8 Å². The number of hydrogen-bond acceptors (Lipinski definition) is 3. The molecule has 0 aliphatic rings. The summed E-state index contributed by atoms with van der Waals surface area (Å²) in [5, 5.41) is 3.88. The lowest BCUT2D eigenvalue weighted by Crippen LogP contribution is -2.48. The molecule has 0 heterocycles. The standard InChI is InChI=1S/C19H22Cl2N2O3S/c1-14(23(27(2,25)26)17-10-5-9-16(20)13-17)19(24)22-12-6-8-15-7-3-4-11-18(15)21/h3-5,7,9-11,13-14H,6,8,12H2,1-2H3,(H,22,24)/t14-/m1/s1. The molecule has 0 spiro atoms. The van der Waals surface area contributed by atoms with Gasteiger partial charge >= 0.3 is 0 Å². The van der Waals surface area contributed by atoms with Crippen LogP contribution in [0, 0.1) is 0 Å². The Morgan fingerprint density at radius 2 is 1.85 bits per heavy atom. The Kier molecular flexibility index (Phi) is 7.53. The smallest absolute Gasteiger partial charge is 0.243 e. The third kappa shape index (κ3) is 6.13. The van der Waals surface area contributed by atoms with Crippen molar-refractivity contribution in [1.29, 1.82) is 0 Å². The molecule has 146 valence electrons. The van der Waals surface area contributed by atoms with E-state index in [4.69, 9.17) is 23.2 Å². The van der Waals surface area contributed by atoms with Gasteiger partial charge in [-0.15, -0.1) is 0 Å². The molecule has 0 fully saturated rings. The zero-order valence-electron chi connectivity index (χ0n) is 15.2. The Labute approximate surface area is 170 Å². The molecule has 0 unspecified atom stereocenters. The van der Waals surface area contributed by atoms with E-state index >= 15 is 0 Å². The number of rotatable bonds is 8. The highest BCUT2D eigenvalue weighted by Gasteiger charge is 2.29. The Morgan fingerprint density at radius 3 is 2.48 bits per heavy atom. The van der Waals surface area contributed by atoms with Gasteiger partial charge in [0.15, 0.2) is 0 Å². The Hall–Kier alpha value is -1.76. The second-order valence-electron chi connectivity index (χ2n) is 6.20. The molecule has 2 aromatic carbocycles. The highest BCUT2D eigenvalue weighted by atomic mass is 35.5. The third-order valence-corrected chi connectivity index (χ3v) is 5.88. The number of benzene rings is 2. The minimum atomic E-state index is -3.66. The highest BCUT2D eigenvalue weighted by molar-refractivity contribution is 7.92. The molecule has 0 aromatic heterocycles. The van der Waals surface area contributed by atoms with Crippen molar-refractivity contribution in [2.45, 2.75) is 25.8 Å². The van der Waals surface area contributed by atoms with Gasteiger partial charge in [0.05, 0.1) is 11.9 Å². The maximum atomic E-state index is 12.5. The average Bonchev–Trinajstić information content (AvgIpc) is 2.59. The number of hydrogen-bond donors (Lipinski definition) is 1. The van der Waals surface area contributed by atoms with Crippen molar-refractivity contribution in [1.82, 2.24) is 5.32 Å². The monoisotopic (exact) mass is 428 g/mol. The fourth-order valence-corrected chi connectivity index (χ4v) is 4.34.